The highest BCUT2D eigenvalue weighted by Gasteiger charge is 2.11. The fourth-order valence-electron chi connectivity index (χ4n) is 2.68. The van der Waals surface area contributed by atoms with E-state index in [-0.39, 0.29) is 11.7 Å². The molecule has 5 nitrogen and oxygen atoms in total. The first-order valence-corrected chi connectivity index (χ1v) is 9.64. The summed E-state index contributed by atoms with van der Waals surface area (Å²) in [5.41, 5.74) is 1.55. The Morgan fingerprint density at radius 2 is 1.81 bits per heavy atom. The van der Waals surface area contributed by atoms with Gasteiger partial charge in [0.15, 0.2) is 5.82 Å². The number of anilines is 1. The zero-order valence-corrected chi connectivity index (χ0v) is 15.7. The minimum Gasteiger partial charge on any atom is -0.325 e. The standard InChI is InChI=1S/C20H15ClN4OS/c21-17-8-4-3-7-16(17)19-23-20(25-24-19)27-12-18(26)22-15-10-9-13-5-1-2-6-14(13)11-15/h1-11H,12H2,(H,22,26)(H,23,24,25). The molecule has 1 amide bonds. The Hall–Kier alpha value is -2.83. The summed E-state index contributed by atoms with van der Waals surface area (Å²) in [6.45, 7) is 0. The van der Waals surface area contributed by atoms with E-state index in [2.05, 4.69) is 20.5 Å². The molecule has 27 heavy (non-hydrogen) atoms. The van der Waals surface area contributed by atoms with Gasteiger partial charge in [0.2, 0.25) is 11.1 Å². The van der Waals surface area contributed by atoms with Crippen LogP contribution in [-0.2, 0) is 4.79 Å². The zero-order valence-electron chi connectivity index (χ0n) is 14.1. The lowest BCUT2D eigenvalue weighted by Gasteiger charge is -2.05. The van der Waals surface area contributed by atoms with Crippen LogP contribution in [0, 0.1) is 0 Å². The number of carbonyl (C=O) groups excluding carboxylic acids is 1. The van der Waals surface area contributed by atoms with E-state index >= 15 is 0 Å². The molecule has 7 heteroatoms. The van der Waals surface area contributed by atoms with E-state index in [1.807, 2.05) is 60.7 Å². The maximum Gasteiger partial charge on any atom is 0.234 e. The molecule has 1 heterocycles. The number of hydrogen-bond acceptors (Lipinski definition) is 4. The van der Waals surface area contributed by atoms with Crippen LogP contribution >= 0.6 is 23.4 Å². The highest BCUT2D eigenvalue weighted by Crippen LogP contribution is 2.26. The van der Waals surface area contributed by atoms with Gasteiger partial charge in [0, 0.05) is 11.3 Å². The maximum absolute atomic E-state index is 12.2. The number of halogens is 1. The third kappa shape index (κ3) is 4.13. The second-order valence-corrected chi connectivity index (χ2v) is 7.19. The first-order valence-electron chi connectivity index (χ1n) is 8.28. The Morgan fingerprint density at radius 3 is 2.67 bits per heavy atom. The average Bonchev–Trinajstić information content (AvgIpc) is 3.15. The predicted octanol–water partition coefficient (Wildman–Crippen LogP) is 5.01. The Kier molecular flexibility index (Phi) is 5.09. The molecule has 134 valence electrons. The number of rotatable bonds is 5. The molecular formula is C20H15ClN4OS. The third-order valence-corrected chi connectivity index (χ3v) is 5.14. The lowest BCUT2D eigenvalue weighted by Crippen LogP contribution is -2.14. The van der Waals surface area contributed by atoms with Crippen LogP contribution in [0.4, 0.5) is 5.69 Å². The van der Waals surface area contributed by atoms with Crippen LogP contribution in [0.1, 0.15) is 0 Å². The van der Waals surface area contributed by atoms with E-state index in [0.717, 1.165) is 22.0 Å². The van der Waals surface area contributed by atoms with E-state index in [9.17, 15) is 4.79 Å². The number of nitrogens with one attached hydrogen (secondary N) is 2. The minimum absolute atomic E-state index is 0.112. The van der Waals surface area contributed by atoms with Crippen LogP contribution in [0.5, 0.6) is 0 Å². The molecule has 0 radical (unpaired) electrons. The molecule has 0 aliphatic carbocycles. The molecule has 0 saturated heterocycles. The number of carbonyl (C=O) groups is 1. The van der Waals surface area contributed by atoms with Crippen molar-refractivity contribution in [1.82, 2.24) is 15.2 Å². The van der Waals surface area contributed by atoms with Crippen molar-refractivity contribution in [2.24, 2.45) is 0 Å². The fourth-order valence-corrected chi connectivity index (χ4v) is 3.50. The average molecular weight is 395 g/mol. The van der Waals surface area contributed by atoms with E-state index in [1.54, 1.807) is 6.07 Å². The van der Waals surface area contributed by atoms with Gasteiger partial charge in [-0.1, -0.05) is 65.8 Å². The van der Waals surface area contributed by atoms with Crippen LogP contribution in [-0.4, -0.2) is 26.8 Å². The number of thioether (sulfide) groups is 1. The first-order chi connectivity index (χ1) is 13.2. The Bertz CT molecular complexity index is 1110. The van der Waals surface area contributed by atoms with Crippen molar-refractivity contribution in [3.8, 4) is 11.4 Å². The number of hydrogen-bond donors (Lipinski definition) is 2. The van der Waals surface area contributed by atoms with Gasteiger partial charge in [-0.15, -0.1) is 5.10 Å². The highest BCUT2D eigenvalue weighted by atomic mass is 35.5. The van der Waals surface area contributed by atoms with Gasteiger partial charge in [0.1, 0.15) is 0 Å². The Morgan fingerprint density at radius 1 is 1.04 bits per heavy atom. The van der Waals surface area contributed by atoms with Crippen molar-refractivity contribution in [1.29, 1.82) is 0 Å². The quantitative estimate of drug-likeness (QED) is 0.467. The largest absolute Gasteiger partial charge is 0.325 e. The number of benzene rings is 3. The van der Waals surface area contributed by atoms with Gasteiger partial charge in [-0.05, 0) is 35.0 Å². The van der Waals surface area contributed by atoms with Gasteiger partial charge in [0.05, 0.1) is 10.8 Å². The molecule has 4 aromatic rings. The van der Waals surface area contributed by atoms with Gasteiger partial charge in [0.25, 0.3) is 0 Å². The van der Waals surface area contributed by atoms with Crippen molar-refractivity contribution in [2.45, 2.75) is 5.16 Å². The lowest BCUT2D eigenvalue weighted by atomic mass is 10.1. The molecule has 3 aromatic carbocycles. The summed E-state index contributed by atoms with van der Waals surface area (Å²) < 4.78 is 0. The second kappa shape index (κ2) is 7.82. The van der Waals surface area contributed by atoms with Gasteiger partial charge in [-0.3, -0.25) is 9.89 Å². The van der Waals surface area contributed by atoms with Crippen molar-refractivity contribution < 1.29 is 4.79 Å². The number of H-pyrrole nitrogens is 1. The van der Waals surface area contributed by atoms with Crippen LogP contribution < -0.4 is 5.32 Å². The van der Waals surface area contributed by atoms with Crippen molar-refractivity contribution in [3.63, 3.8) is 0 Å². The molecule has 4 rings (SSSR count). The van der Waals surface area contributed by atoms with Gasteiger partial charge < -0.3 is 5.32 Å². The third-order valence-electron chi connectivity index (χ3n) is 3.96. The molecular weight excluding hydrogens is 380 g/mol. The first kappa shape index (κ1) is 17.6. The van der Waals surface area contributed by atoms with Crippen molar-refractivity contribution in [3.05, 3.63) is 71.8 Å². The van der Waals surface area contributed by atoms with E-state index in [4.69, 9.17) is 11.6 Å². The van der Waals surface area contributed by atoms with Crippen molar-refractivity contribution in [2.75, 3.05) is 11.1 Å². The Balaban J connectivity index is 1.38. The summed E-state index contributed by atoms with van der Waals surface area (Å²) >= 11 is 7.43. The van der Waals surface area contributed by atoms with E-state index in [1.165, 1.54) is 11.8 Å². The van der Waals surface area contributed by atoms with Crippen LogP contribution in [0.15, 0.2) is 71.9 Å². The highest BCUT2D eigenvalue weighted by molar-refractivity contribution is 7.99. The summed E-state index contributed by atoms with van der Waals surface area (Å²) in [6.07, 6.45) is 0. The smallest absolute Gasteiger partial charge is 0.234 e. The summed E-state index contributed by atoms with van der Waals surface area (Å²) in [4.78, 5) is 16.6. The number of nitrogens with zero attached hydrogens (tertiary/aromatic N) is 2. The summed E-state index contributed by atoms with van der Waals surface area (Å²) in [5.74, 6) is 0.685. The molecule has 1 aromatic heterocycles. The molecule has 0 fully saturated rings. The molecule has 0 aliphatic rings. The normalized spacial score (nSPS) is 10.9. The SMILES string of the molecule is O=C(CSc1n[nH]c(-c2ccccc2Cl)n1)Nc1ccc2ccccc2c1. The fraction of sp³-hybridized carbons (Fsp3) is 0.0500. The molecule has 0 bridgehead atoms. The lowest BCUT2D eigenvalue weighted by molar-refractivity contribution is -0.113. The molecule has 0 atom stereocenters. The maximum atomic E-state index is 12.2. The number of fused-ring (bicyclic) bond motifs is 1. The van der Waals surface area contributed by atoms with Gasteiger partial charge in [-0.25, -0.2) is 4.98 Å². The van der Waals surface area contributed by atoms with Crippen LogP contribution in [0.2, 0.25) is 5.02 Å². The van der Waals surface area contributed by atoms with Crippen LogP contribution in [0.3, 0.4) is 0 Å². The molecule has 0 spiro atoms. The van der Waals surface area contributed by atoms with Crippen molar-refractivity contribution >= 4 is 45.7 Å². The number of amides is 1. The molecule has 0 saturated carbocycles. The van der Waals surface area contributed by atoms with Crippen LogP contribution in [0.25, 0.3) is 22.2 Å². The number of aromatic nitrogens is 3. The van der Waals surface area contributed by atoms with E-state index < -0.39 is 0 Å². The zero-order chi connectivity index (χ0) is 18.6. The summed E-state index contributed by atoms with van der Waals surface area (Å²) in [7, 11) is 0. The predicted molar refractivity (Wildman–Crippen MR) is 110 cm³/mol. The monoisotopic (exact) mass is 394 g/mol. The van der Waals surface area contributed by atoms with E-state index in [0.29, 0.717) is 16.0 Å². The molecule has 0 unspecified atom stereocenters. The Labute approximate surface area is 165 Å². The minimum atomic E-state index is -0.112. The van der Waals surface area contributed by atoms with Gasteiger partial charge >= 0.3 is 0 Å². The van der Waals surface area contributed by atoms with Gasteiger partial charge in [-0.2, -0.15) is 0 Å². The second-order valence-electron chi connectivity index (χ2n) is 5.85. The molecule has 0 aliphatic heterocycles. The summed E-state index contributed by atoms with van der Waals surface area (Å²) in [6, 6.07) is 21.3. The summed E-state index contributed by atoms with van der Waals surface area (Å²) in [5, 5.41) is 13.2. The topological polar surface area (TPSA) is 70.7 Å². The molecule has 2 N–H and O–H groups in total. The number of aromatic amines is 1.